The summed E-state index contributed by atoms with van der Waals surface area (Å²) in [6, 6.07) is 10.9. The molecular weight excluding hydrogens is 361 g/mol. The van der Waals surface area contributed by atoms with Gasteiger partial charge in [0.2, 0.25) is 0 Å². The van der Waals surface area contributed by atoms with Gasteiger partial charge in [0.25, 0.3) is 5.91 Å². The Morgan fingerprint density at radius 2 is 1.65 bits per heavy atom. The summed E-state index contributed by atoms with van der Waals surface area (Å²) < 4.78 is 40.7. The predicted molar refractivity (Wildman–Crippen MR) is 92.7 cm³/mol. The second-order valence-electron chi connectivity index (χ2n) is 5.69. The lowest BCUT2D eigenvalue weighted by Crippen LogP contribution is -2.35. The van der Waals surface area contributed by atoms with Gasteiger partial charge in [0.05, 0.1) is 10.5 Å². The Morgan fingerprint density at radius 3 is 2.19 bits per heavy atom. The van der Waals surface area contributed by atoms with Gasteiger partial charge < -0.3 is 10.1 Å². The number of halogens is 1. The predicted octanol–water partition coefficient (Wildman–Crippen LogP) is 2.09. The van der Waals surface area contributed by atoms with E-state index in [0.29, 0.717) is 5.56 Å². The van der Waals surface area contributed by atoms with Crippen molar-refractivity contribution in [2.75, 3.05) is 6.26 Å². The normalized spacial score (nSPS) is 12.3. The molecule has 138 valence electrons. The number of amides is 1. The lowest BCUT2D eigenvalue weighted by Gasteiger charge is -2.13. The summed E-state index contributed by atoms with van der Waals surface area (Å²) >= 11 is 0. The molecule has 1 N–H and O–H groups in total. The van der Waals surface area contributed by atoms with Crippen LogP contribution in [0.1, 0.15) is 22.8 Å². The summed E-state index contributed by atoms with van der Waals surface area (Å²) in [5.41, 5.74) is 0.838. The van der Waals surface area contributed by atoms with Crippen LogP contribution in [0.3, 0.4) is 0 Å². The van der Waals surface area contributed by atoms with E-state index < -0.39 is 27.8 Å². The van der Waals surface area contributed by atoms with Crippen molar-refractivity contribution >= 4 is 21.7 Å². The van der Waals surface area contributed by atoms with E-state index in [2.05, 4.69) is 5.32 Å². The molecule has 0 aliphatic carbocycles. The molecule has 0 aromatic heterocycles. The molecule has 8 heteroatoms. The van der Waals surface area contributed by atoms with Crippen LogP contribution in [-0.4, -0.2) is 32.7 Å². The monoisotopic (exact) mass is 379 g/mol. The van der Waals surface area contributed by atoms with E-state index in [-0.39, 0.29) is 22.8 Å². The largest absolute Gasteiger partial charge is 0.449 e. The minimum absolute atomic E-state index is 0.0825. The standard InChI is InChI=1S/C18H18FNO5S/c1-12(17(21)20-11-13-3-7-15(19)8-4-13)25-18(22)14-5-9-16(10-6-14)26(2,23)24/h3-10,12H,11H2,1-2H3,(H,20,21)/t12-/m0/s1. The summed E-state index contributed by atoms with van der Waals surface area (Å²) in [4.78, 5) is 24.1. The van der Waals surface area contributed by atoms with Gasteiger partial charge in [0.1, 0.15) is 5.82 Å². The Hall–Kier alpha value is -2.74. The van der Waals surface area contributed by atoms with E-state index in [4.69, 9.17) is 4.74 Å². The Balaban J connectivity index is 1.91. The zero-order valence-corrected chi connectivity index (χ0v) is 15.0. The van der Waals surface area contributed by atoms with E-state index in [1.165, 1.54) is 55.5 Å². The first-order chi connectivity index (χ1) is 12.2. The van der Waals surface area contributed by atoms with Crippen LogP contribution in [0.25, 0.3) is 0 Å². The third kappa shape index (κ3) is 5.38. The maximum absolute atomic E-state index is 12.8. The van der Waals surface area contributed by atoms with E-state index >= 15 is 0 Å². The lowest BCUT2D eigenvalue weighted by atomic mass is 10.2. The second-order valence-corrected chi connectivity index (χ2v) is 7.70. The number of esters is 1. The van der Waals surface area contributed by atoms with Gasteiger partial charge in [-0.3, -0.25) is 4.79 Å². The molecule has 0 spiro atoms. The Kier molecular flexibility index (Phi) is 6.10. The Morgan fingerprint density at radius 1 is 1.08 bits per heavy atom. The van der Waals surface area contributed by atoms with Crippen molar-refractivity contribution in [1.82, 2.24) is 5.32 Å². The van der Waals surface area contributed by atoms with Gasteiger partial charge in [-0.15, -0.1) is 0 Å². The van der Waals surface area contributed by atoms with Gasteiger partial charge in [-0.1, -0.05) is 12.1 Å². The van der Waals surface area contributed by atoms with Crippen molar-refractivity contribution in [3.63, 3.8) is 0 Å². The Labute approximate surface area is 150 Å². The quantitative estimate of drug-likeness (QED) is 0.777. The molecule has 0 saturated carbocycles. The molecule has 2 aromatic carbocycles. The van der Waals surface area contributed by atoms with Crippen molar-refractivity contribution < 1.29 is 27.1 Å². The van der Waals surface area contributed by atoms with Crippen molar-refractivity contribution in [2.45, 2.75) is 24.5 Å². The number of nitrogens with one attached hydrogen (secondary N) is 1. The number of hydrogen-bond donors (Lipinski definition) is 1. The minimum Gasteiger partial charge on any atom is -0.449 e. The van der Waals surface area contributed by atoms with Gasteiger partial charge in [0, 0.05) is 12.8 Å². The Bertz CT molecular complexity index is 892. The summed E-state index contributed by atoms with van der Waals surface area (Å²) in [6.45, 7) is 1.59. The van der Waals surface area contributed by atoms with E-state index in [1.807, 2.05) is 0 Å². The van der Waals surface area contributed by atoms with E-state index in [1.54, 1.807) is 0 Å². The first-order valence-electron chi connectivity index (χ1n) is 7.70. The number of carbonyl (C=O) groups is 2. The summed E-state index contributed by atoms with van der Waals surface area (Å²) in [5.74, 6) is -1.62. The van der Waals surface area contributed by atoms with Crippen LogP contribution in [0, 0.1) is 5.82 Å². The SMILES string of the molecule is C[C@H](OC(=O)c1ccc(S(C)(=O)=O)cc1)C(=O)NCc1ccc(F)cc1. The topological polar surface area (TPSA) is 89.5 Å². The molecular formula is C18H18FNO5S. The highest BCUT2D eigenvalue weighted by atomic mass is 32.2. The smallest absolute Gasteiger partial charge is 0.338 e. The summed E-state index contributed by atoms with van der Waals surface area (Å²) in [6.07, 6.45) is 0.0194. The third-order valence-electron chi connectivity index (χ3n) is 3.55. The number of ether oxygens (including phenoxy) is 1. The first kappa shape index (κ1) is 19.6. The molecule has 6 nitrogen and oxygen atoms in total. The molecule has 0 aliphatic rings. The van der Waals surface area contributed by atoms with Gasteiger partial charge in [0.15, 0.2) is 15.9 Å². The molecule has 0 radical (unpaired) electrons. The van der Waals surface area contributed by atoms with Crippen LogP contribution in [0.5, 0.6) is 0 Å². The van der Waals surface area contributed by atoms with Crippen molar-refractivity contribution in [2.24, 2.45) is 0 Å². The van der Waals surface area contributed by atoms with Crippen LogP contribution < -0.4 is 5.32 Å². The molecule has 0 bridgehead atoms. The van der Waals surface area contributed by atoms with Gasteiger partial charge >= 0.3 is 5.97 Å². The lowest BCUT2D eigenvalue weighted by molar-refractivity contribution is -0.129. The highest BCUT2D eigenvalue weighted by Crippen LogP contribution is 2.12. The van der Waals surface area contributed by atoms with Crippen molar-refractivity contribution in [3.05, 3.63) is 65.5 Å². The number of hydrogen-bond acceptors (Lipinski definition) is 5. The maximum Gasteiger partial charge on any atom is 0.338 e. The first-order valence-corrected chi connectivity index (χ1v) is 9.59. The maximum atomic E-state index is 12.8. The average Bonchev–Trinajstić information content (AvgIpc) is 2.60. The molecule has 1 amide bonds. The fraction of sp³-hybridized carbons (Fsp3) is 0.222. The molecule has 0 fully saturated rings. The molecule has 2 rings (SSSR count). The fourth-order valence-electron chi connectivity index (χ4n) is 2.06. The number of benzene rings is 2. The molecule has 26 heavy (non-hydrogen) atoms. The average molecular weight is 379 g/mol. The third-order valence-corrected chi connectivity index (χ3v) is 4.68. The number of rotatable bonds is 6. The highest BCUT2D eigenvalue weighted by Gasteiger charge is 2.19. The molecule has 0 heterocycles. The van der Waals surface area contributed by atoms with Gasteiger partial charge in [-0.2, -0.15) is 0 Å². The fourth-order valence-corrected chi connectivity index (χ4v) is 2.69. The highest BCUT2D eigenvalue weighted by molar-refractivity contribution is 7.90. The van der Waals surface area contributed by atoms with Crippen LogP contribution in [0.2, 0.25) is 0 Å². The van der Waals surface area contributed by atoms with Crippen LogP contribution in [0.4, 0.5) is 4.39 Å². The van der Waals surface area contributed by atoms with Crippen LogP contribution >= 0.6 is 0 Å². The molecule has 0 saturated heterocycles. The van der Waals surface area contributed by atoms with Crippen LogP contribution in [-0.2, 0) is 25.9 Å². The zero-order valence-electron chi connectivity index (χ0n) is 14.2. The molecule has 0 aliphatic heterocycles. The zero-order chi connectivity index (χ0) is 19.3. The number of carbonyl (C=O) groups excluding carboxylic acids is 2. The summed E-state index contributed by atoms with van der Waals surface area (Å²) in [5, 5.41) is 2.59. The van der Waals surface area contributed by atoms with E-state index in [0.717, 1.165) is 6.26 Å². The molecule has 2 aromatic rings. The van der Waals surface area contributed by atoms with Crippen LogP contribution in [0.15, 0.2) is 53.4 Å². The van der Waals surface area contributed by atoms with E-state index in [9.17, 15) is 22.4 Å². The van der Waals surface area contributed by atoms with Crippen molar-refractivity contribution in [3.8, 4) is 0 Å². The summed E-state index contributed by atoms with van der Waals surface area (Å²) in [7, 11) is -3.36. The number of sulfone groups is 1. The molecule has 0 unspecified atom stereocenters. The van der Waals surface area contributed by atoms with Gasteiger partial charge in [-0.25, -0.2) is 17.6 Å². The van der Waals surface area contributed by atoms with Crippen molar-refractivity contribution in [1.29, 1.82) is 0 Å². The van der Waals surface area contributed by atoms with Gasteiger partial charge in [-0.05, 0) is 48.9 Å². The second kappa shape index (κ2) is 8.09. The molecule has 1 atom stereocenters. The minimum atomic E-state index is -3.36.